The first-order valence-corrected chi connectivity index (χ1v) is 7.56. The molecule has 21 heavy (non-hydrogen) atoms. The van der Waals surface area contributed by atoms with Gasteiger partial charge in [-0.25, -0.2) is 0 Å². The highest BCUT2D eigenvalue weighted by Gasteiger charge is 2.09. The number of aryl methyl sites for hydroxylation is 1. The maximum Gasteiger partial charge on any atom is 0.122 e. The van der Waals surface area contributed by atoms with Crippen molar-refractivity contribution in [3.8, 4) is 5.75 Å². The molecule has 0 spiro atoms. The van der Waals surface area contributed by atoms with Gasteiger partial charge < -0.3 is 14.6 Å². The van der Waals surface area contributed by atoms with Crippen molar-refractivity contribution in [2.75, 3.05) is 13.7 Å². The van der Waals surface area contributed by atoms with Crippen LogP contribution in [-0.2, 0) is 6.54 Å². The standard InChI is InChI=1S/C17H25N3O/c1-5-17(18-6-2)14-7-8-20(11-14)12-15-10-16(21-4)9-13(3)19-15/h7-11,17-18H,5-6,12H2,1-4H3. The monoisotopic (exact) mass is 287 g/mol. The third-order valence-corrected chi connectivity index (χ3v) is 3.59. The van der Waals surface area contributed by atoms with Gasteiger partial charge in [0.25, 0.3) is 0 Å². The Morgan fingerprint density at radius 3 is 2.81 bits per heavy atom. The molecule has 0 amide bonds. The molecular weight excluding hydrogens is 262 g/mol. The van der Waals surface area contributed by atoms with E-state index in [-0.39, 0.29) is 0 Å². The Morgan fingerprint density at radius 1 is 1.33 bits per heavy atom. The van der Waals surface area contributed by atoms with Gasteiger partial charge in [-0.3, -0.25) is 4.98 Å². The summed E-state index contributed by atoms with van der Waals surface area (Å²) in [5, 5.41) is 3.50. The maximum absolute atomic E-state index is 5.31. The van der Waals surface area contributed by atoms with Crippen molar-refractivity contribution < 1.29 is 4.74 Å². The smallest absolute Gasteiger partial charge is 0.122 e. The van der Waals surface area contributed by atoms with E-state index in [1.54, 1.807) is 7.11 Å². The van der Waals surface area contributed by atoms with Crippen molar-refractivity contribution in [3.05, 3.63) is 47.5 Å². The van der Waals surface area contributed by atoms with Crippen LogP contribution in [0.3, 0.4) is 0 Å². The Kier molecular flexibility index (Phi) is 5.39. The van der Waals surface area contributed by atoms with E-state index in [0.717, 1.165) is 36.6 Å². The predicted octanol–water partition coefficient (Wildman–Crippen LogP) is 3.31. The number of nitrogens with zero attached hydrogens (tertiary/aromatic N) is 2. The van der Waals surface area contributed by atoms with Crippen molar-refractivity contribution in [1.82, 2.24) is 14.9 Å². The molecular formula is C17H25N3O. The van der Waals surface area contributed by atoms with Gasteiger partial charge in [-0.2, -0.15) is 0 Å². The van der Waals surface area contributed by atoms with Gasteiger partial charge in [-0.05, 0) is 31.5 Å². The molecule has 114 valence electrons. The molecule has 2 aromatic heterocycles. The fourth-order valence-corrected chi connectivity index (χ4v) is 2.60. The Morgan fingerprint density at radius 2 is 2.14 bits per heavy atom. The molecule has 0 saturated carbocycles. The molecule has 1 atom stereocenters. The summed E-state index contributed by atoms with van der Waals surface area (Å²) in [6.07, 6.45) is 5.41. The minimum absolute atomic E-state index is 0.427. The normalized spacial score (nSPS) is 12.4. The molecule has 2 heterocycles. The second kappa shape index (κ2) is 7.27. The van der Waals surface area contributed by atoms with E-state index in [4.69, 9.17) is 4.74 Å². The van der Waals surface area contributed by atoms with E-state index >= 15 is 0 Å². The molecule has 0 saturated heterocycles. The zero-order chi connectivity index (χ0) is 15.2. The van der Waals surface area contributed by atoms with Crippen LogP contribution in [0.15, 0.2) is 30.6 Å². The van der Waals surface area contributed by atoms with Crippen molar-refractivity contribution in [1.29, 1.82) is 0 Å². The minimum atomic E-state index is 0.427. The highest BCUT2D eigenvalue weighted by atomic mass is 16.5. The van der Waals surface area contributed by atoms with E-state index in [1.165, 1.54) is 5.56 Å². The molecule has 4 nitrogen and oxygen atoms in total. The number of pyridine rings is 1. The summed E-state index contributed by atoms with van der Waals surface area (Å²) < 4.78 is 7.48. The molecule has 2 aromatic rings. The van der Waals surface area contributed by atoms with Crippen molar-refractivity contribution in [3.63, 3.8) is 0 Å². The molecule has 1 N–H and O–H groups in total. The van der Waals surface area contributed by atoms with Crippen LogP contribution >= 0.6 is 0 Å². The maximum atomic E-state index is 5.31. The largest absolute Gasteiger partial charge is 0.497 e. The van der Waals surface area contributed by atoms with Crippen LogP contribution in [0.4, 0.5) is 0 Å². The molecule has 0 aliphatic rings. The molecule has 0 aliphatic carbocycles. The first-order valence-electron chi connectivity index (χ1n) is 7.56. The minimum Gasteiger partial charge on any atom is -0.497 e. The van der Waals surface area contributed by atoms with E-state index in [1.807, 2.05) is 19.1 Å². The second-order valence-corrected chi connectivity index (χ2v) is 5.28. The van der Waals surface area contributed by atoms with Crippen LogP contribution in [0.5, 0.6) is 5.75 Å². The fraction of sp³-hybridized carbons (Fsp3) is 0.471. The van der Waals surface area contributed by atoms with Gasteiger partial charge in [0.1, 0.15) is 5.75 Å². The highest BCUT2D eigenvalue weighted by Crippen LogP contribution is 2.18. The van der Waals surface area contributed by atoms with Crippen molar-refractivity contribution >= 4 is 0 Å². The summed E-state index contributed by atoms with van der Waals surface area (Å²) >= 11 is 0. The summed E-state index contributed by atoms with van der Waals surface area (Å²) in [6.45, 7) is 8.09. The summed E-state index contributed by atoms with van der Waals surface area (Å²) in [5.41, 5.74) is 3.33. The third-order valence-electron chi connectivity index (χ3n) is 3.59. The van der Waals surface area contributed by atoms with Crippen LogP contribution in [0.2, 0.25) is 0 Å². The van der Waals surface area contributed by atoms with Crippen LogP contribution in [-0.4, -0.2) is 23.2 Å². The molecule has 4 heteroatoms. The summed E-state index contributed by atoms with van der Waals surface area (Å²) in [7, 11) is 1.69. The topological polar surface area (TPSA) is 39.1 Å². The molecule has 0 bridgehead atoms. The number of nitrogens with one attached hydrogen (secondary N) is 1. The lowest BCUT2D eigenvalue weighted by atomic mass is 10.1. The quantitative estimate of drug-likeness (QED) is 0.849. The first-order chi connectivity index (χ1) is 10.2. The summed E-state index contributed by atoms with van der Waals surface area (Å²) in [5.74, 6) is 0.865. The summed E-state index contributed by atoms with van der Waals surface area (Å²) in [4.78, 5) is 4.57. The lowest BCUT2D eigenvalue weighted by molar-refractivity contribution is 0.413. The molecule has 0 radical (unpaired) electrons. The number of ether oxygens (including phenoxy) is 1. The Bertz CT molecular complexity index is 577. The van der Waals surface area contributed by atoms with Crippen LogP contribution in [0.1, 0.15) is 43.3 Å². The van der Waals surface area contributed by atoms with Gasteiger partial charge in [0.2, 0.25) is 0 Å². The zero-order valence-electron chi connectivity index (χ0n) is 13.4. The summed E-state index contributed by atoms with van der Waals surface area (Å²) in [6, 6.07) is 6.55. The van der Waals surface area contributed by atoms with E-state index in [2.05, 4.69) is 47.2 Å². The van der Waals surface area contributed by atoms with Crippen LogP contribution in [0, 0.1) is 6.92 Å². The Labute approximate surface area is 127 Å². The number of methoxy groups -OCH3 is 1. The number of hydrogen-bond acceptors (Lipinski definition) is 3. The van der Waals surface area contributed by atoms with Gasteiger partial charge >= 0.3 is 0 Å². The van der Waals surface area contributed by atoms with Gasteiger partial charge in [0, 0.05) is 36.3 Å². The molecule has 2 rings (SSSR count). The molecule has 0 aliphatic heterocycles. The molecule has 0 aromatic carbocycles. The average molecular weight is 287 g/mol. The Balaban J connectivity index is 2.13. The van der Waals surface area contributed by atoms with Crippen LogP contribution in [0.25, 0.3) is 0 Å². The number of rotatable bonds is 7. The SMILES string of the molecule is CCNC(CC)c1ccn(Cc2cc(OC)cc(C)n2)c1. The lowest BCUT2D eigenvalue weighted by Crippen LogP contribution is -2.19. The second-order valence-electron chi connectivity index (χ2n) is 5.28. The zero-order valence-corrected chi connectivity index (χ0v) is 13.4. The Hall–Kier alpha value is -1.81. The number of hydrogen-bond donors (Lipinski definition) is 1. The lowest BCUT2D eigenvalue weighted by Gasteiger charge is -2.14. The first kappa shape index (κ1) is 15.6. The van der Waals surface area contributed by atoms with Gasteiger partial charge in [0.05, 0.1) is 19.3 Å². The molecule has 1 unspecified atom stereocenters. The van der Waals surface area contributed by atoms with Gasteiger partial charge in [-0.15, -0.1) is 0 Å². The molecule has 0 fully saturated rings. The predicted molar refractivity (Wildman–Crippen MR) is 85.8 cm³/mol. The van der Waals surface area contributed by atoms with Crippen molar-refractivity contribution in [2.24, 2.45) is 0 Å². The van der Waals surface area contributed by atoms with Gasteiger partial charge in [-0.1, -0.05) is 13.8 Å². The van der Waals surface area contributed by atoms with E-state index in [9.17, 15) is 0 Å². The van der Waals surface area contributed by atoms with E-state index < -0.39 is 0 Å². The van der Waals surface area contributed by atoms with Crippen molar-refractivity contribution in [2.45, 2.75) is 39.8 Å². The number of aromatic nitrogens is 2. The van der Waals surface area contributed by atoms with Gasteiger partial charge in [0.15, 0.2) is 0 Å². The highest BCUT2D eigenvalue weighted by molar-refractivity contribution is 5.27. The van der Waals surface area contributed by atoms with E-state index in [0.29, 0.717) is 6.04 Å². The average Bonchev–Trinajstić information content (AvgIpc) is 2.92. The third kappa shape index (κ3) is 4.08. The van der Waals surface area contributed by atoms with Crippen LogP contribution < -0.4 is 10.1 Å². The fourth-order valence-electron chi connectivity index (χ4n) is 2.60.